The highest BCUT2D eigenvalue weighted by molar-refractivity contribution is 7.58. The van der Waals surface area contributed by atoms with E-state index in [1.54, 1.807) is 0 Å². The summed E-state index contributed by atoms with van der Waals surface area (Å²) in [7, 11) is 0.169. The van der Waals surface area contributed by atoms with Crippen LogP contribution in [0.5, 0.6) is 0 Å². The Morgan fingerprint density at radius 2 is 0.725 bits per heavy atom. The fourth-order valence-corrected chi connectivity index (χ4v) is 16.1. The van der Waals surface area contributed by atoms with E-state index in [1.807, 2.05) is 0 Å². The van der Waals surface area contributed by atoms with E-state index in [0.29, 0.717) is 0 Å². The number of rotatable bonds is 9. The van der Waals surface area contributed by atoms with Gasteiger partial charge in [-0.25, -0.2) is 0 Å². The Bertz CT molecular complexity index is 879. The van der Waals surface area contributed by atoms with Gasteiger partial charge >= 0.3 is 0 Å². The molecular weight excluding hydrogens is 522 g/mol. The van der Waals surface area contributed by atoms with Gasteiger partial charge in [0, 0.05) is 12.4 Å². The van der Waals surface area contributed by atoms with Gasteiger partial charge < -0.3 is 0 Å². The molecule has 0 amide bonds. The van der Waals surface area contributed by atoms with E-state index in [9.17, 15) is 0 Å². The third-order valence-electron chi connectivity index (χ3n) is 10.8. The molecule has 6 rings (SSSR count). The standard InChI is InChI=1S/C36H54N2P2/c1-5-13-31(14-6-1)39(32-15-7-2-8-16-32)27-29-21-23-35(37-25-29)36-24-22-30(26-38-36)28-40(33-17-9-3-10-18-33)34-19-11-4-12-20-34/h21-26,31-34H,1-20,27-28H2. The first-order valence-corrected chi connectivity index (χ1v) is 20.6. The van der Waals surface area contributed by atoms with Gasteiger partial charge in [0.2, 0.25) is 0 Å². The molecule has 4 aliphatic rings. The number of hydrogen-bond donors (Lipinski definition) is 0. The summed E-state index contributed by atoms with van der Waals surface area (Å²) < 4.78 is 0. The van der Waals surface area contributed by atoms with Crippen molar-refractivity contribution in [3.05, 3.63) is 47.8 Å². The van der Waals surface area contributed by atoms with Gasteiger partial charge in [-0.3, -0.25) is 9.97 Å². The van der Waals surface area contributed by atoms with Crippen LogP contribution >= 0.6 is 15.8 Å². The van der Waals surface area contributed by atoms with E-state index < -0.39 is 0 Å². The lowest BCUT2D eigenvalue weighted by Crippen LogP contribution is -2.21. The number of aromatic nitrogens is 2. The molecule has 0 aliphatic heterocycles. The SMILES string of the molecule is c1cc(-c2ccc(CP(C3CCCCC3)C3CCCCC3)cn2)ncc1CP(C1CCCCC1)C1CCCCC1. The lowest BCUT2D eigenvalue weighted by atomic mass is 9.99. The molecule has 0 atom stereocenters. The van der Waals surface area contributed by atoms with Gasteiger partial charge in [-0.2, -0.15) is 0 Å². The lowest BCUT2D eigenvalue weighted by molar-refractivity contribution is 0.484. The highest BCUT2D eigenvalue weighted by Crippen LogP contribution is 2.59. The van der Waals surface area contributed by atoms with E-state index in [0.717, 1.165) is 34.0 Å². The molecule has 2 aromatic heterocycles. The summed E-state index contributed by atoms with van der Waals surface area (Å²) in [6.07, 6.45) is 36.6. The van der Waals surface area contributed by atoms with Gasteiger partial charge in [-0.1, -0.05) is 105 Å². The summed E-state index contributed by atoms with van der Waals surface area (Å²) in [6, 6.07) is 9.32. The van der Waals surface area contributed by atoms with Gasteiger partial charge in [-0.15, -0.1) is 0 Å². The normalized spacial score (nSPS) is 22.8. The zero-order valence-corrected chi connectivity index (χ0v) is 26.9. The molecule has 0 radical (unpaired) electrons. The second-order valence-corrected chi connectivity index (χ2v) is 19.2. The van der Waals surface area contributed by atoms with Crippen LogP contribution in [-0.2, 0) is 12.3 Å². The maximum absolute atomic E-state index is 4.98. The van der Waals surface area contributed by atoms with Crippen LogP contribution in [0.25, 0.3) is 11.4 Å². The van der Waals surface area contributed by atoms with Gasteiger partial charge in [0.25, 0.3) is 0 Å². The third-order valence-corrected chi connectivity index (χ3v) is 18.1. The molecule has 4 saturated carbocycles. The van der Waals surface area contributed by atoms with Crippen molar-refractivity contribution in [3.8, 4) is 11.4 Å². The molecule has 2 heterocycles. The van der Waals surface area contributed by atoms with Crippen LogP contribution in [0.4, 0.5) is 0 Å². The van der Waals surface area contributed by atoms with Gasteiger partial charge in [0.15, 0.2) is 0 Å². The lowest BCUT2D eigenvalue weighted by Gasteiger charge is -2.38. The average molecular weight is 577 g/mol. The predicted octanol–water partition coefficient (Wildman–Crippen LogP) is 11.4. The van der Waals surface area contributed by atoms with Crippen LogP contribution in [0.15, 0.2) is 36.7 Å². The fraction of sp³-hybridized carbons (Fsp3) is 0.722. The summed E-state index contributed by atoms with van der Waals surface area (Å²) in [6.45, 7) is 0. The molecule has 4 fully saturated rings. The van der Waals surface area contributed by atoms with Crippen molar-refractivity contribution in [1.82, 2.24) is 9.97 Å². The molecule has 0 unspecified atom stereocenters. The second kappa shape index (κ2) is 15.1. The van der Waals surface area contributed by atoms with Crippen molar-refractivity contribution in [2.45, 2.75) is 163 Å². The molecule has 218 valence electrons. The zero-order chi connectivity index (χ0) is 27.0. The molecule has 0 N–H and O–H groups in total. The average Bonchev–Trinajstić information content (AvgIpc) is 3.05. The molecule has 4 aliphatic carbocycles. The van der Waals surface area contributed by atoms with Crippen LogP contribution in [0.3, 0.4) is 0 Å². The number of nitrogens with zero attached hydrogens (tertiary/aromatic N) is 2. The second-order valence-electron chi connectivity index (χ2n) is 13.6. The number of hydrogen-bond acceptors (Lipinski definition) is 2. The van der Waals surface area contributed by atoms with Crippen LogP contribution in [-0.4, -0.2) is 32.6 Å². The first-order valence-electron chi connectivity index (χ1n) is 17.3. The summed E-state index contributed by atoms with van der Waals surface area (Å²) >= 11 is 0. The Hall–Kier alpha value is -0.840. The minimum absolute atomic E-state index is 0.0844. The smallest absolute Gasteiger partial charge is 0.0886 e. The quantitative estimate of drug-likeness (QED) is 0.278. The van der Waals surface area contributed by atoms with Crippen molar-refractivity contribution in [3.63, 3.8) is 0 Å². The number of pyridine rings is 2. The van der Waals surface area contributed by atoms with Gasteiger partial charge in [-0.05, 0) is 110 Å². The highest BCUT2D eigenvalue weighted by atomic mass is 31.1. The predicted molar refractivity (Wildman–Crippen MR) is 176 cm³/mol. The molecule has 2 nitrogen and oxygen atoms in total. The monoisotopic (exact) mass is 576 g/mol. The molecule has 4 heteroatoms. The molecule has 40 heavy (non-hydrogen) atoms. The van der Waals surface area contributed by atoms with Crippen LogP contribution < -0.4 is 0 Å². The molecule has 0 bridgehead atoms. The topological polar surface area (TPSA) is 25.8 Å². The highest BCUT2D eigenvalue weighted by Gasteiger charge is 2.32. The van der Waals surface area contributed by atoms with Crippen molar-refractivity contribution >= 4 is 15.8 Å². The maximum atomic E-state index is 4.98. The summed E-state index contributed by atoms with van der Waals surface area (Å²) in [5, 5.41) is 0. The van der Waals surface area contributed by atoms with Crippen molar-refractivity contribution in [2.24, 2.45) is 0 Å². The largest absolute Gasteiger partial charge is 0.254 e. The summed E-state index contributed by atoms with van der Waals surface area (Å²) in [5.41, 5.74) is 9.10. The molecule has 0 saturated heterocycles. The Kier molecular flexibility index (Phi) is 11.0. The van der Waals surface area contributed by atoms with Crippen molar-refractivity contribution < 1.29 is 0 Å². The minimum atomic E-state index is 0.0844. The minimum Gasteiger partial charge on any atom is -0.254 e. The third kappa shape index (κ3) is 7.75. The van der Waals surface area contributed by atoms with Crippen LogP contribution in [0.2, 0.25) is 0 Å². The Morgan fingerprint density at radius 3 is 0.975 bits per heavy atom. The van der Waals surface area contributed by atoms with Crippen molar-refractivity contribution in [2.75, 3.05) is 0 Å². The Balaban J connectivity index is 1.11. The van der Waals surface area contributed by atoms with Crippen LogP contribution in [0, 0.1) is 0 Å². The van der Waals surface area contributed by atoms with E-state index in [-0.39, 0.29) is 15.8 Å². The molecule has 0 aromatic carbocycles. The van der Waals surface area contributed by atoms with E-state index >= 15 is 0 Å². The van der Waals surface area contributed by atoms with Crippen LogP contribution in [0.1, 0.15) is 140 Å². The van der Waals surface area contributed by atoms with E-state index in [4.69, 9.17) is 9.97 Å². The summed E-state index contributed by atoms with van der Waals surface area (Å²) in [4.78, 5) is 9.96. The maximum Gasteiger partial charge on any atom is 0.0886 e. The molecular formula is C36H54N2P2. The van der Waals surface area contributed by atoms with Crippen molar-refractivity contribution in [1.29, 1.82) is 0 Å². The van der Waals surface area contributed by atoms with Gasteiger partial charge in [0.05, 0.1) is 11.4 Å². The summed E-state index contributed by atoms with van der Waals surface area (Å²) in [5.74, 6) is 0. The Labute approximate surface area is 247 Å². The first kappa shape index (κ1) is 29.2. The Morgan fingerprint density at radius 1 is 0.425 bits per heavy atom. The zero-order valence-electron chi connectivity index (χ0n) is 25.1. The van der Waals surface area contributed by atoms with Gasteiger partial charge in [0.1, 0.15) is 0 Å². The van der Waals surface area contributed by atoms with E-state index in [2.05, 4.69) is 36.7 Å². The molecule has 2 aromatic rings. The fourth-order valence-electron chi connectivity index (χ4n) is 8.52. The first-order chi connectivity index (χ1) is 19.8. The molecule has 0 spiro atoms. The van der Waals surface area contributed by atoms with E-state index in [1.165, 1.54) is 152 Å².